The highest BCUT2D eigenvalue weighted by Crippen LogP contribution is 2.23. The smallest absolute Gasteiger partial charge is 0.210 e. The van der Waals surface area contributed by atoms with Gasteiger partial charge in [0.15, 0.2) is 5.78 Å². The first kappa shape index (κ1) is 16.0. The summed E-state index contributed by atoms with van der Waals surface area (Å²) in [5.74, 6) is 0.159. The lowest BCUT2D eigenvalue weighted by molar-refractivity contribution is -0.112. The van der Waals surface area contributed by atoms with E-state index < -0.39 is 15.6 Å². The highest BCUT2D eigenvalue weighted by molar-refractivity contribution is 7.96. The molecule has 0 amide bonds. The molecule has 0 fully saturated rings. The molecule has 4 nitrogen and oxygen atoms in total. The summed E-state index contributed by atoms with van der Waals surface area (Å²) < 4.78 is 30.2. The number of carbonyl (C=O) groups excluding carboxylic acids is 1. The summed E-state index contributed by atoms with van der Waals surface area (Å²) in [6.07, 6.45) is 1.38. The number of allylic oxidation sites excluding steroid dienone is 1. The number of sulfone groups is 1. The zero-order valence-electron chi connectivity index (χ0n) is 12.3. The van der Waals surface area contributed by atoms with Crippen molar-refractivity contribution < 1.29 is 17.9 Å². The number of benzene rings is 2. The van der Waals surface area contributed by atoms with Crippen LogP contribution in [0.15, 0.2) is 64.4 Å². The Morgan fingerprint density at radius 1 is 1.00 bits per heavy atom. The van der Waals surface area contributed by atoms with E-state index in [1.165, 1.54) is 25.1 Å². The van der Waals surface area contributed by atoms with Crippen molar-refractivity contribution in [3.63, 3.8) is 0 Å². The Bertz CT molecular complexity index is 788. The van der Waals surface area contributed by atoms with Crippen LogP contribution in [0.1, 0.15) is 12.5 Å². The van der Waals surface area contributed by atoms with Crippen LogP contribution in [0.3, 0.4) is 0 Å². The van der Waals surface area contributed by atoms with Crippen molar-refractivity contribution in [2.24, 2.45) is 0 Å². The maximum Gasteiger partial charge on any atom is 0.210 e. The maximum absolute atomic E-state index is 12.6. The van der Waals surface area contributed by atoms with E-state index in [4.69, 9.17) is 4.74 Å². The predicted octanol–water partition coefficient (Wildman–Crippen LogP) is 3.10. The highest BCUT2D eigenvalue weighted by atomic mass is 32.2. The second-order valence-corrected chi connectivity index (χ2v) is 6.57. The Kier molecular flexibility index (Phi) is 4.78. The maximum atomic E-state index is 12.6. The number of hydrogen-bond acceptors (Lipinski definition) is 4. The molecule has 2 aromatic rings. The minimum atomic E-state index is -3.83. The van der Waals surface area contributed by atoms with Crippen molar-refractivity contribution in [1.29, 1.82) is 0 Å². The van der Waals surface area contributed by atoms with E-state index in [9.17, 15) is 13.2 Å². The molecule has 0 N–H and O–H groups in total. The zero-order chi connectivity index (χ0) is 16.2. The molecule has 114 valence electrons. The molecule has 0 saturated heterocycles. The molecule has 0 aliphatic rings. The van der Waals surface area contributed by atoms with E-state index in [0.717, 1.165) is 0 Å². The van der Waals surface area contributed by atoms with Gasteiger partial charge in [-0.25, -0.2) is 8.42 Å². The van der Waals surface area contributed by atoms with Gasteiger partial charge < -0.3 is 4.74 Å². The molecule has 0 radical (unpaired) electrons. The lowest BCUT2D eigenvalue weighted by Crippen LogP contribution is -2.11. The molecule has 2 aromatic carbocycles. The van der Waals surface area contributed by atoms with Gasteiger partial charge in [0.25, 0.3) is 0 Å². The van der Waals surface area contributed by atoms with Gasteiger partial charge in [-0.2, -0.15) is 0 Å². The monoisotopic (exact) mass is 316 g/mol. The third kappa shape index (κ3) is 3.43. The lowest BCUT2D eigenvalue weighted by atomic mass is 10.2. The standard InChI is InChI=1S/C17H16O4S/c1-13(18)17(12-14-8-10-15(21-2)11-9-14)22(19,20)16-6-4-3-5-7-16/h3-12H,1-2H3/b17-12-. The zero-order valence-corrected chi connectivity index (χ0v) is 13.1. The molecule has 0 spiro atoms. The number of hydrogen-bond donors (Lipinski definition) is 0. The first-order valence-electron chi connectivity index (χ1n) is 6.62. The van der Waals surface area contributed by atoms with Crippen LogP contribution in [0.2, 0.25) is 0 Å². The van der Waals surface area contributed by atoms with Crippen LogP contribution in [0, 0.1) is 0 Å². The van der Waals surface area contributed by atoms with Crippen LogP contribution in [0.25, 0.3) is 6.08 Å². The highest BCUT2D eigenvalue weighted by Gasteiger charge is 2.24. The topological polar surface area (TPSA) is 60.4 Å². The fraction of sp³-hybridized carbons (Fsp3) is 0.118. The number of ketones is 1. The van der Waals surface area contributed by atoms with Crippen LogP contribution in [-0.4, -0.2) is 21.3 Å². The summed E-state index contributed by atoms with van der Waals surface area (Å²) >= 11 is 0. The summed E-state index contributed by atoms with van der Waals surface area (Å²) in [7, 11) is -2.29. The minimum absolute atomic E-state index is 0.102. The van der Waals surface area contributed by atoms with Crippen molar-refractivity contribution in [1.82, 2.24) is 0 Å². The SMILES string of the molecule is COc1ccc(/C=C(/C(C)=O)S(=O)(=O)c2ccccc2)cc1. The van der Waals surface area contributed by atoms with Crippen LogP contribution in [0.4, 0.5) is 0 Å². The van der Waals surface area contributed by atoms with Gasteiger partial charge >= 0.3 is 0 Å². The molecule has 0 atom stereocenters. The van der Waals surface area contributed by atoms with E-state index in [1.807, 2.05) is 0 Å². The molecule has 0 unspecified atom stereocenters. The Hall–Kier alpha value is -2.40. The van der Waals surface area contributed by atoms with Crippen molar-refractivity contribution in [3.05, 3.63) is 65.1 Å². The van der Waals surface area contributed by atoms with Crippen LogP contribution in [0.5, 0.6) is 5.75 Å². The van der Waals surface area contributed by atoms with Crippen molar-refractivity contribution in [2.45, 2.75) is 11.8 Å². The lowest BCUT2D eigenvalue weighted by Gasteiger charge is -2.07. The third-order valence-corrected chi connectivity index (χ3v) is 4.98. The number of ether oxygens (including phenoxy) is 1. The largest absolute Gasteiger partial charge is 0.497 e. The summed E-state index contributed by atoms with van der Waals surface area (Å²) in [6, 6.07) is 14.7. The van der Waals surface area contributed by atoms with Crippen LogP contribution in [-0.2, 0) is 14.6 Å². The van der Waals surface area contributed by atoms with Crippen molar-refractivity contribution in [2.75, 3.05) is 7.11 Å². The Morgan fingerprint density at radius 2 is 1.59 bits per heavy atom. The van der Waals surface area contributed by atoms with E-state index in [-0.39, 0.29) is 9.80 Å². The van der Waals surface area contributed by atoms with Gasteiger partial charge in [0.05, 0.1) is 12.0 Å². The van der Waals surface area contributed by atoms with Crippen LogP contribution < -0.4 is 4.74 Å². The average Bonchev–Trinajstić information content (AvgIpc) is 2.53. The number of methoxy groups -OCH3 is 1. The minimum Gasteiger partial charge on any atom is -0.497 e. The fourth-order valence-electron chi connectivity index (χ4n) is 1.95. The molecule has 0 saturated carbocycles. The Labute approximate surface area is 130 Å². The van der Waals surface area contributed by atoms with Gasteiger partial charge in [0.2, 0.25) is 9.84 Å². The van der Waals surface area contributed by atoms with Gasteiger partial charge in [-0.1, -0.05) is 30.3 Å². The summed E-state index contributed by atoms with van der Waals surface area (Å²) in [5, 5.41) is 0. The molecule has 0 bridgehead atoms. The van der Waals surface area contributed by atoms with E-state index in [1.54, 1.807) is 49.6 Å². The molecule has 0 aliphatic carbocycles. The van der Waals surface area contributed by atoms with E-state index in [2.05, 4.69) is 0 Å². The molecule has 22 heavy (non-hydrogen) atoms. The first-order chi connectivity index (χ1) is 10.4. The number of carbonyl (C=O) groups is 1. The molecular weight excluding hydrogens is 300 g/mol. The first-order valence-corrected chi connectivity index (χ1v) is 8.10. The normalized spacial score (nSPS) is 12.0. The van der Waals surface area contributed by atoms with Crippen LogP contribution >= 0.6 is 0 Å². The van der Waals surface area contributed by atoms with Gasteiger partial charge in [-0.3, -0.25) is 4.79 Å². The van der Waals surface area contributed by atoms with E-state index >= 15 is 0 Å². The van der Waals surface area contributed by atoms with Crippen molar-refractivity contribution in [3.8, 4) is 5.75 Å². The summed E-state index contributed by atoms with van der Waals surface area (Å²) in [5.41, 5.74) is 0.616. The molecule has 5 heteroatoms. The number of Topliss-reactive ketones (excluding diaryl/α,β-unsaturated/α-hetero) is 1. The van der Waals surface area contributed by atoms with Gasteiger partial charge in [-0.15, -0.1) is 0 Å². The van der Waals surface area contributed by atoms with Crippen molar-refractivity contribution >= 4 is 21.7 Å². The summed E-state index contributed by atoms with van der Waals surface area (Å²) in [4.78, 5) is 11.7. The van der Waals surface area contributed by atoms with Gasteiger partial charge in [0.1, 0.15) is 10.7 Å². The predicted molar refractivity (Wildman–Crippen MR) is 85.3 cm³/mol. The number of rotatable bonds is 5. The average molecular weight is 316 g/mol. The van der Waals surface area contributed by atoms with Gasteiger partial charge in [-0.05, 0) is 42.8 Å². The molecule has 0 aliphatic heterocycles. The van der Waals surface area contributed by atoms with E-state index in [0.29, 0.717) is 11.3 Å². The third-order valence-electron chi connectivity index (χ3n) is 3.10. The second-order valence-electron chi connectivity index (χ2n) is 4.65. The molecule has 0 aromatic heterocycles. The van der Waals surface area contributed by atoms with Gasteiger partial charge in [0, 0.05) is 0 Å². The quantitative estimate of drug-likeness (QED) is 0.795. The molecule has 0 heterocycles. The fourth-order valence-corrected chi connectivity index (χ4v) is 3.39. The second kappa shape index (κ2) is 6.58. The Morgan fingerprint density at radius 3 is 2.09 bits per heavy atom. The molecule has 2 rings (SSSR count). The summed E-state index contributed by atoms with van der Waals surface area (Å²) in [6.45, 7) is 1.25. The Balaban J connectivity index is 2.50. The molecular formula is C17H16O4S.